The van der Waals surface area contributed by atoms with E-state index >= 15 is 0 Å². The van der Waals surface area contributed by atoms with E-state index in [9.17, 15) is 10.1 Å². The van der Waals surface area contributed by atoms with E-state index in [0.29, 0.717) is 17.0 Å². The Bertz CT molecular complexity index is 932. The van der Waals surface area contributed by atoms with E-state index in [1.807, 2.05) is 43.5 Å². The van der Waals surface area contributed by atoms with Crippen LogP contribution in [0.25, 0.3) is 11.3 Å². The predicted octanol–water partition coefficient (Wildman–Crippen LogP) is 4.30. The number of carbonyl (C=O) groups is 1. The fraction of sp³-hybridized carbons (Fsp3) is 0.409. The van der Waals surface area contributed by atoms with Crippen LogP contribution in [0.2, 0.25) is 0 Å². The van der Waals surface area contributed by atoms with Crippen LogP contribution in [0.1, 0.15) is 43.3 Å². The van der Waals surface area contributed by atoms with Crippen LogP contribution < -0.4 is 0 Å². The summed E-state index contributed by atoms with van der Waals surface area (Å²) in [6, 6.07) is 11.9. The Kier molecular flexibility index (Phi) is 7.52. The average Bonchev–Trinajstić information content (AvgIpc) is 2.99. The van der Waals surface area contributed by atoms with Crippen molar-refractivity contribution in [2.75, 3.05) is 18.8 Å². The summed E-state index contributed by atoms with van der Waals surface area (Å²) in [5.74, 6) is 0.203. The largest absolute Gasteiger partial charge is 0.454 e. The molecule has 0 saturated carbocycles. The van der Waals surface area contributed by atoms with Crippen molar-refractivity contribution in [1.82, 2.24) is 9.78 Å². The van der Waals surface area contributed by atoms with Gasteiger partial charge in [0.25, 0.3) is 0 Å². The Morgan fingerprint density at radius 2 is 1.90 bits per heavy atom. The highest BCUT2D eigenvalue weighted by atomic mass is 32.2. The van der Waals surface area contributed by atoms with Crippen LogP contribution in [0.5, 0.6) is 0 Å². The van der Waals surface area contributed by atoms with E-state index < -0.39 is 0 Å². The number of hydrogen-bond acceptors (Lipinski definition) is 6. The van der Waals surface area contributed by atoms with Gasteiger partial charge in [-0.1, -0.05) is 45.0 Å². The maximum absolute atomic E-state index is 11.7. The molecule has 0 aliphatic carbocycles. The van der Waals surface area contributed by atoms with E-state index in [1.54, 1.807) is 11.7 Å². The lowest BCUT2D eigenvalue weighted by Gasteiger charge is -2.19. The third-order valence-corrected chi connectivity index (χ3v) is 4.82. The topological polar surface area (TPSA) is 77.1 Å². The molecule has 0 radical (unpaired) electrons. The van der Waals surface area contributed by atoms with Gasteiger partial charge in [0.05, 0.1) is 11.4 Å². The highest BCUT2D eigenvalue weighted by molar-refractivity contribution is 7.99. The van der Waals surface area contributed by atoms with E-state index in [-0.39, 0.29) is 23.9 Å². The number of rotatable bonds is 7. The number of hydrogen-bond donors (Lipinski definition) is 0. The zero-order chi connectivity index (χ0) is 21.6. The molecule has 0 aliphatic rings. The molecule has 7 heteroatoms. The molecule has 6 nitrogen and oxygen atoms in total. The lowest BCUT2D eigenvalue weighted by atomic mass is 9.86. The van der Waals surface area contributed by atoms with Crippen LogP contribution in [-0.2, 0) is 26.7 Å². The highest BCUT2D eigenvalue weighted by Gasteiger charge is 2.19. The Morgan fingerprint density at radius 1 is 1.24 bits per heavy atom. The molecule has 0 amide bonds. The first kappa shape index (κ1) is 22.6. The molecule has 0 N–H and O–H groups in total. The maximum atomic E-state index is 11.7. The van der Waals surface area contributed by atoms with E-state index in [1.165, 1.54) is 17.3 Å². The molecule has 0 bridgehead atoms. The van der Waals surface area contributed by atoms with Crippen LogP contribution in [0, 0.1) is 18.3 Å². The van der Waals surface area contributed by atoms with Gasteiger partial charge in [-0.25, -0.2) is 0 Å². The number of carbonyl (C=O) groups excluding carboxylic acids is 1. The van der Waals surface area contributed by atoms with Gasteiger partial charge in [0, 0.05) is 7.05 Å². The Hall–Kier alpha value is -2.72. The summed E-state index contributed by atoms with van der Waals surface area (Å²) in [5, 5.41) is 14.2. The van der Waals surface area contributed by atoms with Crippen LogP contribution in [0.4, 0.5) is 0 Å². The maximum Gasteiger partial charge on any atom is 0.318 e. The van der Waals surface area contributed by atoms with Gasteiger partial charge in [-0.15, -0.1) is 0 Å². The fourth-order valence-electron chi connectivity index (χ4n) is 2.79. The summed E-state index contributed by atoms with van der Waals surface area (Å²) < 4.78 is 12.6. The van der Waals surface area contributed by atoms with Crippen LogP contribution in [0.15, 0.2) is 30.3 Å². The van der Waals surface area contributed by atoms with Gasteiger partial charge in [-0.3, -0.25) is 9.48 Å². The van der Waals surface area contributed by atoms with Crippen LogP contribution in [0.3, 0.4) is 0 Å². The number of esters is 1. The first-order valence-corrected chi connectivity index (χ1v) is 10.6. The van der Waals surface area contributed by atoms with E-state index in [2.05, 4.69) is 31.9 Å². The quantitative estimate of drug-likeness (QED) is 0.292. The molecule has 0 atom stereocenters. The summed E-state index contributed by atoms with van der Waals surface area (Å²) in [7, 11) is 1.78. The molecule has 2 aromatic rings. The molecule has 154 valence electrons. The minimum absolute atomic E-state index is 0.0129. The zero-order valence-corrected chi connectivity index (χ0v) is 18.6. The second-order valence-corrected chi connectivity index (χ2v) is 8.52. The third kappa shape index (κ3) is 5.88. The third-order valence-electron chi connectivity index (χ3n) is 4.30. The van der Waals surface area contributed by atoms with E-state index in [0.717, 1.165) is 11.3 Å². The lowest BCUT2D eigenvalue weighted by Crippen LogP contribution is -2.12. The number of aryl methyl sites for hydroxylation is 2. The summed E-state index contributed by atoms with van der Waals surface area (Å²) in [6.45, 7) is 8.00. The summed E-state index contributed by atoms with van der Waals surface area (Å²) in [5.41, 5.74) is 3.70. The van der Waals surface area contributed by atoms with Gasteiger partial charge in [-0.2, -0.15) is 22.1 Å². The second kappa shape index (κ2) is 9.66. The number of benzene rings is 1. The number of ether oxygens (including phenoxy) is 2. The van der Waals surface area contributed by atoms with Crippen molar-refractivity contribution >= 4 is 29.1 Å². The van der Waals surface area contributed by atoms with Crippen LogP contribution >= 0.6 is 11.8 Å². The molecule has 29 heavy (non-hydrogen) atoms. The predicted molar refractivity (Wildman–Crippen MR) is 116 cm³/mol. The molecule has 1 aromatic heterocycles. The number of nitriles is 1. The highest BCUT2D eigenvalue weighted by Crippen LogP contribution is 2.29. The molecule has 1 aromatic carbocycles. The number of thioether (sulfide) groups is 1. The van der Waals surface area contributed by atoms with Crippen molar-refractivity contribution in [1.29, 1.82) is 5.26 Å². The summed E-state index contributed by atoms with van der Waals surface area (Å²) in [4.78, 5) is 11.7. The Morgan fingerprint density at radius 3 is 2.38 bits per heavy atom. The van der Waals surface area contributed by atoms with Crippen molar-refractivity contribution in [2.24, 2.45) is 7.05 Å². The van der Waals surface area contributed by atoms with Gasteiger partial charge >= 0.3 is 5.97 Å². The van der Waals surface area contributed by atoms with Crippen molar-refractivity contribution in [3.05, 3.63) is 52.8 Å². The van der Waals surface area contributed by atoms with Gasteiger partial charge in [-0.05, 0) is 35.8 Å². The molecular weight excluding hydrogens is 386 g/mol. The second-order valence-electron chi connectivity index (χ2n) is 7.65. The first-order chi connectivity index (χ1) is 13.7. The monoisotopic (exact) mass is 413 g/mol. The van der Waals surface area contributed by atoms with Crippen molar-refractivity contribution < 1.29 is 14.3 Å². The van der Waals surface area contributed by atoms with Gasteiger partial charge in [0.15, 0.2) is 5.76 Å². The molecule has 2 rings (SSSR count). The smallest absolute Gasteiger partial charge is 0.318 e. The summed E-state index contributed by atoms with van der Waals surface area (Å²) in [6.07, 6.45) is 1.82. The Labute approximate surface area is 176 Å². The van der Waals surface area contributed by atoms with Crippen molar-refractivity contribution in [3.8, 4) is 6.07 Å². The minimum atomic E-state index is -0.369. The number of aromatic nitrogens is 2. The fourth-order valence-corrected chi connectivity index (χ4v) is 3.11. The van der Waals surface area contributed by atoms with Crippen LogP contribution in [-0.4, -0.2) is 34.6 Å². The molecule has 0 spiro atoms. The van der Waals surface area contributed by atoms with E-state index in [4.69, 9.17) is 9.47 Å². The molecule has 0 fully saturated rings. The van der Waals surface area contributed by atoms with Crippen molar-refractivity contribution in [3.63, 3.8) is 0 Å². The van der Waals surface area contributed by atoms with Gasteiger partial charge in [0.2, 0.25) is 6.79 Å². The van der Waals surface area contributed by atoms with Crippen molar-refractivity contribution in [2.45, 2.75) is 33.1 Å². The summed E-state index contributed by atoms with van der Waals surface area (Å²) >= 11 is 1.37. The molecular formula is C22H27N3O3S. The van der Waals surface area contributed by atoms with Gasteiger partial charge < -0.3 is 9.47 Å². The standard InChI is InChI=1S/C22H27N3O3S/c1-15-11-19(25(5)24-15)21(28-14-27-20(26)13-29-6)18(12-23)16-7-9-17(10-8-16)22(2,3)4/h7-11H,13-14H2,1-6H3/b21-18-. The number of allylic oxidation sites excluding steroid dienone is 1. The normalized spacial score (nSPS) is 12.2. The average molecular weight is 414 g/mol. The molecule has 1 heterocycles. The number of nitrogens with zero attached hydrogens (tertiary/aromatic N) is 3. The molecule has 0 saturated heterocycles. The lowest BCUT2D eigenvalue weighted by molar-refractivity contribution is -0.148. The SMILES string of the molecule is CSCC(=O)OCO/C(=C(/C#N)c1ccc(C(C)(C)C)cc1)c1cc(C)nn1C. The minimum Gasteiger partial charge on any atom is -0.454 e. The molecule has 0 aliphatic heterocycles. The first-order valence-electron chi connectivity index (χ1n) is 9.21. The Balaban J connectivity index is 2.45. The molecule has 0 unspecified atom stereocenters. The van der Waals surface area contributed by atoms with Gasteiger partial charge in [0.1, 0.15) is 17.3 Å². The zero-order valence-electron chi connectivity index (χ0n) is 17.8.